The molecule has 1 amide bonds. The third-order valence-corrected chi connectivity index (χ3v) is 4.87. The molecule has 1 fully saturated rings. The van der Waals surface area contributed by atoms with Crippen molar-refractivity contribution in [3.05, 3.63) is 35.4 Å². The molecule has 1 aromatic heterocycles. The smallest absolute Gasteiger partial charge is 0.257 e. The predicted octanol–water partition coefficient (Wildman–Crippen LogP) is 3.80. The first kappa shape index (κ1) is 16.4. The van der Waals surface area contributed by atoms with Crippen molar-refractivity contribution in [3.63, 3.8) is 0 Å². The minimum atomic E-state index is -0.253. The molecule has 124 valence electrons. The van der Waals surface area contributed by atoms with E-state index in [0.29, 0.717) is 22.3 Å². The largest absolute Gasteiger partial charge is 0.357 e. The number of hydrogen-bond acceptors (Lipinski definition) is 6. The van der Waals surface area contributed by atoms with Gasteiger partial charge in [-0.25, -0.2) is 0 Å². The average Bonchev–Trinajstić information content (AvgIpc) is 2.88. The quantitative estimate of drug-likeness (QED) is 0.826. The molecule has 3 rings (SSSR count). The van der Waals surface area contributed by atoms with Crippen molar-refractivity contribution in [1.82, 2.24) is 10.2 Å². The average molecular weight is 341 g/mol. The Morgan fingerprint density at radius 3 is 2.42 bits per heavy atom. The summed E-state index contributed by atoms with van der Waals surface area (Å²) in [6.07, 6.45) is 7.43. The van der Waals surface area contributed by atoms with Gasteiger partial charge in [-0.15, -0.1) is 10.2 Å². The lowest BCUT2D eigenvalue weighted by Gasteiger charge is -2.14. The summed E-state index contributed by atoms with van der Waals surface area (Å²) < 4.78 is 0. The SMILES string of the molecule is N#Cc1ccc(C(=O)Nc2nnc(NC3CCCCCC3)s2)cc1. The van der Waals surface area contributed by atoms with E-state index in [9.17, 15) is 4.79 Å². The molecule has 1 aromatic carbocycles. The third-order valence-electron chi connectivity index (χ3n) is 4.10. The lowest BCUT2D eigenvalue weighted by molar-refractivity contribution is 0.102. The fourth-order valence-corrected chi connectivity index (χ4v) is 3.51. The Labute approximate surface area is 144 Å². The highest BCUT2D eigenvalue weighted by atomic mass is 32.1. The van der Waals surface area contributed by atoms with Crippen LogP contribution in [0.25, 0.3) is 0 Å². The highest BCUT2D eigenvalue weighted by molar-refractivity contribution is 7.19. The number of amides is 1. The van der Waals surface area contributed by atoms with Gasteiger partial charge in [0.05, 0.1) is 11.6 Å². The zero-order chi connectivity index (χ0) is 16.8. The highest BCUT2D eigenvalue weighted by Crippen LogP contribution is 2.25. The van der Waals surface area contributed by atoms with Gasteiger partial charge in [0.15, 0.2) is 0 Å². The van der Waals surface area contributed by atoms with Crippen LogP contribution in [0.1, 0.15) is 54.4 Å². The van der Waals surface area contributed by atoms with E-state index in [-0.39, 0.29) is 5.91 Å². The fourth-order valence-electron chi connectivity index (χ4n) is 2.80. The van der Waals surface area contributed by atoms with Crippen LogP contribution in [0.3, 0.4) is 0 Å². The van der Waals surface area contributed by atoms with Crippen LogP contribution in [0, 0.1) is 11.3 Å². The summed E-state index contributed by atoms with van der Waals surface area (Å²) in [6, 6.07) is 8.96. The van der Waals surface area contributed by atoms with Gasteiger partial charge in [-0.2, -0.15) is 5.26 Å². The Hall–Kier alpha value is -2.46. The summed E-state index contributed by atoms with van der Waals surface area (Å²) in [5.74, 6) is -0.253. The molecule has 0 aliphatic heterocycles. The number of nitrogens with one attached hydrogen (secondary N) is 2. The van der Waals surface area contributed by atoms with Crippen molar-refractivity contribution in [3.8, 4) is 6.07 Å². The van der Waals surface area contributed by atoms with Gasteiger partial charge < -0.3 is 5.32 Å². The summed E-state index contributed by atoms with van der Waals surface area (Å²) in [7, 11) is 0. The third kappa shape index (κ3) is 4.30. The van der Waals surface area contributed by atoms with Crippen LogP contribution in [0.2, 0.25) is 0 Å². The number of rotatable bonds is 4. The van der Waals surface area contributed by atoms with E-state index in [1.54, 1.807) is 24.3 Å². The number of nitrogens with zero attached hydrogens (tertiary/aromatic N) is 3. The van der Waals surface area contributed by atoms with E-state index in [2.05, 4.69) is 20.8 Å². The van der Waals surface area contributed by atoms with Crippen molar-refractivity contribution >= 4 is 27.5 Å². The van der Waals surface area contributed by atoms with Crippen LogP contribution in [-0.4, -0.2) is 22.1 Å². The zero-order valence-corrected chi connectivity index (χ0v) is 14.1. The van der Waals surface area contributed by atoms with E-state index in [0.717, 1.165) is 18.0 Å². The van der Waals surface area contributed by atoms with E-state index in [4.69, 9.17) is 5.26 Å². The monoisotopic (exact) mass is 341 g/mol. The molecular formula is C17H19N5OS. The molecule has 0 radical (unpaired) electrons. The van der Waals surface area contributed by atoms with Crippen LogP contribution < -0.4 is 10.6 Å². The van der Waals surface area contributed by atoms with E-state index < -0.39 is 0 Å². The van der Waals surface area contributed by atoms with Crippen LogP contribution in [-0.2, 0) is 0 Å². The first-order chi connectivity index (χ1) is 11.7. The lowest BCUT2D eigenvalue weighted by Crippen LogP contribution is -2.17. The molecule has 1 aliphatic rings. The first-order valence-corrected chi connectivity index (χ1v) is 8.98. The van der Waals surface area contributed by atoms with Crippen LogP contribution in [0.4, 0.5) is 10.3 Å². The molecule has 1 saturated carbocycles. The molecule has 0 atom stereocenters. The number of carbonyl (C=O) groups is 1. The highest BCUT2D eigenvalue weighted by Gasteiger charge is 2.15. The van der Waals surface area contributed by atoms with E-state index >= 15 is 0 Å². The second-order valence-electron chi connectivity index (χ2n) is 5.89. The number of anilines is 2. The van der Waals surface area contributed by atoms with Crippen LogP contribution in [0.5, 0.6) is 0 Å². The zero-order valence-electron chi connectivity index (χ0n) is 13.3. The van der Waals surface area contributed by atoms with Crippen LogP contribution in [0.15, 0.2) is 24.3 Å². The second-order valence-corrected chi connectivity index (χ2v) is 6.87. The number of hydrogen-bond donors (Lipinski definition) is 2. The van der Waals surface area contributed by atoms with Crippen molar-refractivity contribution in [2.75, 3.05) is 10.6 Å². The molecule has 0 spiro atoms. The minimum absolute atomic E-state index is 0.253. The maximum atomic E-state index is 12.2. The number of nitriles is 1. The number of benzene rings is 1. The molecule has 0 saturated heterocycles. The Bertz CT molecular complexity index is 726. The van der Waals surface area contributed by atoms with Gasteiger partial charge in [0.25, 0.3) is 5.91 Å². The lowest BCUT2D eigenvalue weighted by atomic mass is 10.1. The topological polar surface area (TPSA) is 90.7 Å². The van der Waals surface area contributed by atoms with E-state index in [1.165, 1.54) is 37.0 Å². The molecule has 24 heavy (non-hydrogen) atoms. The molecule has 2 aromatic rings. The molecule has 6 nitrogen and oxygen atoms in total. The Balaban J connectivity index is 1.58. The van der Waals surface area contributed by atoms with Gasteiger partial charge in [-0.05, 0) is 37.1 Å². The maximum Gasteiger partial charge on any atom is 0.257 e. The molecule has 1 heterocycles. The summed E-state index contributed by atoms with van der Waals surface area (Å²) >= 11 is 1.35. The van der Waals surface area contributed by atoms with Gasteiger partial charge in [0.2, 0.25) is 10.3 Å². The second kappa shape index (κ2) is 7.88. The summed E-state index contributed by atoms with van der Waals surface area (Å²) in [6.45, 7) is 0. The van der Waals surface area contributed by atoms with Gasteiger partial charge in [0.1, 0.15) is 0 Å². The fraction of sp³-hybridized carbons (Fsp3) is 0.412. The maximum absolute atomic E-state index is 12.2. The van der Waals surface area contributed by atoms with Gasteiger partial charge in [-0.1, -0.05) is 37.0 Å². The Kier molecular flexibility index (Phi) is 5.39. The number of carbonyl (C=O) groups excluding carboxylic acids is 1. The van der Waals surface area contributed by atoms with E-state index in [1.807, 2.05) is 6.07 Å². The first-order valence-electron chi connectivity index (χ1n) is 8.16. The van der Waals surface area contributed by atoms with Crippen LogP contribution >= 0.6 is 11.3 Å². The Morgan fingerprint density at radius 1 is 1.08 bits per heavy atom. The standard InChI is InChI=1S/C17H19N5OS/c18-11-12-7-9-13(10-8-12)15(23)20-17-22-21-16(24-17)19-14-5-3-1-2-4-6-14/h7-10,14H,1-6H2,(H,19,21)(H,20,22,23). The molecular weight excluding hydrogens is 322 g/mol. The van der Waals surface area contributed by atoms with Gasteiger partial charge in [-0.3, -0.25) is 10.1 Å². The van der Waals surface area contributed by atoms with Gasteiger partial charge in [0, 0.05) is 11.6 Å². The van der Waals surface area contributed by atoms with Crippen molar-refractivity contribution in [2.45, 2.75) is 44.6 Å². The Morgan fingerprint density at radius 2 is 1.75 bits per heavy atom. The van der Waals surface area contributed by atoms with Gasteiger partial charge >= 0.3 is 0 Å². The van der Waals surface area contributed by atoms with Crippen molar-refractivity contribution in [1.29, 1.82) is 5.26 Å². The molecule has 1 aliphatic carbocycles. The normalized spacial score (nSPS) is 15.3. The molecule has 7 heteroatoms. The molecule has 2 N–H and O–H groups in total. The van der Waals surface area contributed by atoms with Crippen molar-refractivity contribution < 1.29 is 4.79 Å². The summed E-state index contributed by atoms with van der Waals surface area (Å²) in [5.41, 5.74) is 1.01. The summed E-state index contributed by atoms with van der Waals surface area (Å²) in [5, 5.41) is 24.3. The molecule has 0 unspecified atom stereocenters. The molecule has 0 bridgehead atoms. The summed E-state index contributed by atoms with van der Waals surface area (Å²) in [4.78, 5) is 12.2. The minimum Gasteiger partial charge on any atom is -0.357 e. The predicted molar refractivity (Wildman–Crippen MR) is 94.1 cm³/mol. The van der Waals surface area contributed by atoms with Crippen molar-refractivity contribution in [2.24, 2.45) is 0 Å². The number of aromatic nitrogens is 2.